The molecule has 3 nitrogen and oxygen atoms in total. The fourth-order valence-electron chi connectivity index (χ4n) is 0.167. The molecule has 8 heavy (non-hydrogen) atoms. The third-order valence-electron chi connectivity index (χ3n) is 0.475. The molecule has 0 heterocycles. The van der Waals surface area contributed by atoms with E-state index in [0.717, 1.165) is 0 Å². The summed E-state index contributed by atoms with van der Waals surface area (Å²) in [5, 5.41) is 15.7. The number of halogens is 1. The maximum absolute atomic E-state index is 11.6. The molecule has 2 N–H and O–H groups in total. The van der Waals surface area contributed by atoms with Crippen molar-refractivity contribution in [2.75, 3.05) is 6.61 Å². The first kappa shape index (κ1) is 7.10. The monoisotopic (exact) mass is 120 g/mol. The molecule has 0 atom stereocenters. The molecular formula is C4H5FO3. The normalized spacial score (nSPS) is 11.5. The Bertz CT molecular complexity index is 118. The molecule has 0 fully saturated rings. The zero-order chi connectivity index (χ0) is 6.57. The first-order chi connectivity index (χ1) is 3.68. The van der Waals surface area contributed by atoms with E-state index in [1.807, 2.05) is 0 Å². The largest absolute Gasteiger partial charge is 0.476 e. The average molecular weight is 120 g/mol. The Kier molecular flexibility index (Phi) is 2.79. The topological polar surface area (TPSA) is 57.5 Å². The first-order valence-electron chi connectivity index (χ1n) is 1.88. The molecule has 0 aliphatic carbocycles. The van der Waals surface area contributed by atoms with Gasteiger partial charge in [-0.3, -0.25) is 0 Å². The standard InChI is InChI=1S/C4H5FO3/c5-3(1-2-6)4(7)8/h1,6H,2H2,(H,7,8)/b3-1-. The minimum atomic E-state index is -1.65. The molecule has 0 aromatic rings. The summed E-state index contributed by atoms with van der Waals surface area (Å²) in [7, 11) is 0. The van der Waals surface area contributed by atoms with Gasteiger partial charge in [-0.05, 0) is 6.08 Å². The van der Waals surface area contributed by atoms with E-state index in [9.17, 15) is 9.18 Å². The number of hydrogen-bond donors (Lipinski definition) is 2. The van der Waals surface area contributed by atoms with E-state index in [1.54, 1.807) is 0 Å². The predicted octanol–water partition coefficient (Wildman–Crippen LogP) is -0.0833. The molecule has 0 radical (unpaired) electrons. The molecule has 0 bridgehead atoms. The predicted molar refractivity (Wildman–Crippen MR) is 23.9 cm³/mol. The minimum Gasteiger partial charge on any atom is -0.476 e. The summed E-state index contributed by atoms with van der Waals surface area (Å²) in [5.41, 5.74) is 0. The van der Waals surface area contributed by atoms with Crippen molar-refractivity contribution in [3.05, 3.63) is 11.9 Å². The van der Waals surface area contributed by atoms with Crippen LogP contribution in [0, 0.1) is 0 Å². The highest BCUT2D eigenvalue weighted by atomic mass is 19.1. The Hall–Kier alpha value is -0.900. The number of aliphatic carboxylic acids is 1. The van der Waals surface area contributed by atoms with Crippen LogP contribution in [0.3, 0.4) is 0 Å². The van der Waals surface area contributed by atoms with Crippen molar-refractivity contribution in [2.24, 2.45) is 0 Å². The number of carbonyl (C=O) groups is 1. The molecule has 0 rings (SSSR count). The summed E-state index contributed by atoms with van der Waals surface area (Å²) in [4.78, 5) is 9.53. The van der Waals surface area contributed by atoms with Crippen LogP contribution in [0.25, 0.3) is 0 Å². The molecular weight excluding hydrogens is 115 g/mol. The molecule has 0 saturated carbocycles. The lowest BCUT2D eigenvalue weighted by molar-refractivity contribution is -0.134. The second-order valence-electron chi connectivity index (χ2n) is 1.04. The van der Waals surface area contributed by atoms with E-state index in [2.05, 4.69) is 0 Å². The van der Waals surface area contributed by atoms with Crippen molar-refractivity contribution in [3.8, 4) is 0 Å². The van der Waals surface area contributed by atoms with Crippen molar-refractivity contribution < 1.29 is 19.4 Å². The van der Waals surface area contributed by atoms with Crippen molar-refractivity contribution in [1.82, 2.24) is 0 Å². The van der Waals surface area contributed by atoms with Gasteiger partial charge in [-0.1, -0.05) is 0 Å². The van der Waals surface area contributed by atoms with Crippen LogP contribution in [0.5, 0.6) is 0 Å². The van der Waals surface area contributed by atoms with Crippen LogP contribution in [0.1, 0.15) is 0 Å². The van der Waals surface area contributed by atoms with Crippen LogP contribution in [0.2, 0.25) is 0 Å². The summed E-state index contributed by atoms with van der Waals surface area (Å²) in [6.07, 6.45) is 0.572. The minimum absolute atomic E-state index is 0.572. The second kappa shape index (κ2) is 3.15. The quantitative estimate of drug-likeness (QED) is 0.501. The van der Waals surface area contributed by atoms with Gasteiger partial charge in [0.05, 0.1) is 6.61 Å². The molecule has 0 unspecified atom stereocenters. The van der Waals surface area contributed by atoms with Crippen LogP contribution >= 0.6 is 0 Å². The number of carboxylic acid groups (broad SMARTS) is 1. The van der Waals surface area contributed by atoms with Crippen LogP contribution in [0.4, 0.5) is 4.39 Å². The molecule has 0 spiro atoms. The van der Waals surface area contributed by atoms with Gasteiger partial charge in [-0.15, -0.1) is 0 Å². The smallest absolute Gasteiger partial charge is 0.364 e. The Morgan fingerprint density at radius 2 is 2.25 bits per heavy atom. The first-order valence-corrected chi connectivity index (χ1v) is 1.88. The van der Waals surface area contributed by atoms with Crippen molar-refractivity contribution in [1.29, 1.82) is 0 Å². The maximum atomic E-state index is 11.6. The SMILES string of the molecule is O=C(O)/C(F)=C/CO. The maximum Gasteiger partial charge on any atom is 0.364 e. The van der Waals surface area contributed by atoms with Gasteiger partial charge in [0.15, 0.2) is 0 Å². The van der Waals surface area contributed by atoms with Crippen molar-refractivity contribution in [2.45, 2.75) is 0 Å². The van der Waals surface area contributed by atoms with Gasteiger partial charge in [0, 0.05) is 0 Å². The van der Waals surface area contributed by atoms with Crippen LogP contribution in [-0.4, -0.2) is 22.8 Å². The molecule has 0 aliphatic rings. The van der Waals surface area contributed by atoms with Gasteiger partial charge >= 0.3 is 5.97 Å². The van der Waals surface area contributed by atoms with E-state index in [1.165, 1.54) is 0 Å². The van der Waals surface area contributed by atoms with Gasteiger partial charge in [-0.25, -0.2) is 4.79 Å². The Morgan fingerprint density at radius 1 is 1.75 bits per heavy atom. The fourth-order valence-corrected chi connectivity index (χ4v) is 0.167. The fraction of sp³-hybridized carbons (Fsp3) is 0.250. The van der Waals surface area contributed by atoms with Gasteiger partial charge in [-0.2, -0.15) is 4.39 Å². The summed E-state index contributed by atoms with van der Waals surface area (Å²) >= 11 is 0. The van der Waals surface area contributed by atoms with Gasteiger partial charge in [0.1, 0.15) is 0 Å². The summed E-state index contributed by atoms with van der Waals surface area (Å²) in [6.45, 7) is -0.585. The highest BCUT2D eigenvalue weighted by Gasteiger charge is 2.01. The molecule has 4 heteroatoms. The average Bonchev–Trinajstić information content (AvgIpc) is 1.67. The lowest BCUT2D eigenvalue weighted by Gasteiger charge is -1.82. The number of carboxylic acids is 1. The number of rotatable bonds is 2. The molecule has 0 aromatic carbocycles. The van der Waals surface area contributed by atoms with E-state index in [4.69, 9.17) is 10.2 Å². The van der Waals surface area contributed by atoms with Gasteiger partial charge in [0.2, 0.25) is 5.83 Å². The lowest BCUT2D eigenvalue weighted by Crippen LogP contribution is -1.95. The Morgan fingerprint density at radius 3 is 2.38 bits per heavy atom. The summed E-state index contributed by atoms with van der Waals surface area (Å²) in [5.74, 6) is -2.98. The molecule has 46 valence electrons. The van der Waals surface area contributed by atoms with Gasteiger partial charge < -0.3 is 10.2 Å². The molecule has 0 aromatic heterocycles. The van der Waals surface area contributed by atoms with Crippen molar-refractivity contribution >= 4 is 5.97 Å². The third-order valence-corrected chi connectivity index (χ3v) is 0.475. The lowest BCUT2D eigenvalue weighted by atomic mass is 10.5. The highest BCUT2D eigenvalue weighted by Crippen LogP contribution is 1.92. The summed E-state index contributed by atoms with van der Waals surface area (Å²) in [6, 6.07) is 0. The van der Waals surface area contributed by atoms with Gasteiger partial charge in [0.25, 0.3) is 0 Å². The second-order valence-corrected chi connectivity index (χ2v) is 1.04. The number of aliphatic hydroxyl groups is 1. The number of hydrogen-bond acceptors (Lipinski definition) is 2. The zero-order valence-corrected chi connectivity index (χ0v) is 3.97. The molecule has 0 saturated heterocycles. The van der Waals surface area contributed by atoms with E-state index < -0.39 is 18.4 Å². The summed E-state index contributed by atoms with van der Waals surface area (Å²) < 4.78 is 11.6. The third kappa shape index (κ3) is 2.30. The molecule has 0 amide bonds. The highest BCUT2D eigenvalue weighted by molar-refractivity contribution is 5.83. The van der Waals surface area contributed by atoms with Crippen LogP contribution < -0.4 is 0 Å². The van der Waals surface area contributed by atoms with Crippen LogP contribution in [-0.2, 0) is 4.79 Å². The van der Waals surface area contributed by atoms with E-state index in [-0.39, 0.29) is 0 Å². The van der Waals surface area contributed by atoms with E-state index in [0.29, 0.717) is 6.08 Å². The Labute approximate surface area is 45.1 Å². The zero-order valence-electron chi connectivity index (χ0n) is 3.97. The molecule has 0 aliphatic heterocycles. The van der Waals surface area contributed by atoms with Crippen LogP contribution in [0.15, 0.2) is 11.9 Å². The number of aliphatic hydroxyl groups excluding tert-OH is 1. The van der Waals surface area contributed by atoms with E-state index >= 15 is 0 Å². The van der Waals surface area contributed by atoms with Crippen molar-refractivity contribution in [3.63, 3.8) is 0 Å². The Balaban J connectivity index is 3.80.